The van der Waals surface area contributed by atoms with Crippen LogP contribution in [0.4, 0.5) is 0 Å². The molecule has 0 aliphatic rings. The fourth-order valence-electron chi connectivity index (χ4n) is 3.02. The highest BCUT2D eigenvalue weighted by molar-refractivity contribution is 5.70. The van der Waals surface area contributed by atoms with Crippen LogP contribution < -0.4 is 0 Å². The zero-order valence-electron chi connectivity index (χ0n) is 19.9. The monoisotopic (exact) mass is 460 g/mol. The van der Waals surface area contributed by atoms with Gasteiger partial charge in [-0.2, -0.15) is 0 Å². The molecule has 0 heterocycles. The van der Waals surface area contributed by atoms with Gasteiger partial charge >= 0.3 is 17.9 Å². The van der Waals surface area contributed by atoms with Crippen LogP contribution in [0.3, 0.4) is 0 Å². The van der Waals surface area contributed by atoms with Crippen molar-refractivity contribution in [3.63, 3.8) is 0 Å². The van der Waals surface area contributed by atoms with Crippen molar-refractivity contribution in [1.29, 1.82) is 0 Å². The largest absolute Gasteiger partial charge is 0.481 e. The van der Waals surface area contributed by atoms with E-state index in [1.165, 1.54) is 44.9 Å². The Labute approximate surface area is 193 Å². The Kier molecular flexibility index (Phi) is 22.7. The average Bonchev–Trinajstić information content (AvgIpc) is 2.76. The Balaban J connectivity index is 3.25. The second kappa shape index (κ2) is 24.0. The van der Waals surface area contributed by atoms with Crippen LogP contribution in [0.5, 0.6) is 0 Å². The van der Waals surface area contributed by atoms with Gasteiger partial charge in [0.2, 0.25) is 0 Å². The number of esters is 2. The lowest BCUT2D eigenvalue weighted by Crippen LogP contribution is -2.15. The van der Waals surface area contributed by atoms with E-state index in [-0.39, 0.29) is 44.6 Å². The predicted octanol–water partition coefficient (Wildman–Crippen LogP) is 4.67. The van der Waals surface area contributed by atoms with E-state index in [1.807, 2.05) is 0 Å². The third-order valence-corrected chi connectivity index (χ3v) is 4.86. The van der Waals surface area contributed by atoms with Crippen molar-refractivity contribution in [2.45, 2.75) is 96.8 Å². The number of carbonyl (C=O) groups excluding carboxylic acids is 2. The van der Waals surface area contributed by atoms with Crippen molar-refractivity contribution in [3.05, 3.63) is 0 Å². The molecule has 0 spiro atoms. The first-order valence-electron chi connectivity index (χ1n) is 12.2. The molecule has 0 saturated heterocycles. The van der Waals surface area contributed by atoms with Gasteiger partial charge in [0.15, 0.2) is 0 Å². The van der Waals surface area contributed by atoms with E-state index >= 15 is 0 Å². The summed E-state index contributed by atoms with van der Waals surface area (Å²) in [7, 11) is 0. The summed E-state index contributed by atoms with van der Waals surface area (Å²) < 4.78 is 20.8. The molecule has 0 fully saturated rings. The van der Waals surface area contributed by atoms with Crippen LogP contribution >= 0.6 is 0 Å². The van der Waals surface area contributed by atoms with Crippen LogP contribution in [0.15, 0.2) is 0 Å². The molecular formula is C24H44O8. The van der Waals surface area contributed by atoms with Gasteiger partial charge in [-0.3, -0.25) is 14.4 Å². The first kappa shape index (κ1) is 30.3. The summed E-state index contributed by atoms with van der Waals surface area (Å²) in [6.07, 6.45) is 12.7. The molecule has 8 heteroatoms. The number of ether oxygens (including phenoxy) is 4. The Morgan fingerprint density at radius 1 is 0.531 bits per heavy atom. The number of carbonyl (C=O) groups is 3. The lowest BCUT2D eigenvalue weighted by molar-refractivity contribution is -0.147. The van der Waals surface area contributed by atoms with Gasteiger partial charge in [0.05, 0.1) is 26.4 Å². The summed E-state index contributed by atoms with van der Waals surface area (Å²) in [5, 5.41) is 8.51. The first-order chi connectivity index (χ1) is 15.6. The number of hydrogen-bond donors (Lipinski definition) is 1. The maximum Gasteiger partial charge on any atom is 0.305 e. The lowest BCUT2D eigenvalue weighted by atomic mass is 10.1. The minimum absolute atomic E-state index is 0.0644. The molecule has 0 aromatic carbocycles. The zero-order valence-corrected chi connectivity index (χ0v) is 19.9. The molecule has 0 atom stereocenters. The molecular weight excluding hydrogens is 416 g/mol. The smallest absolute Gasteiger partial charge is 0.305 e. The average molecular weight is 461 g/mol. The molecule has 0 aromatic heterocycles. The van der Waals surface area contributed by atoms with E-state index < -0.39 is 5.97 Å². The van der Waals surface area contributed by atoms with E-state index in [9.17, 15) is 14.4 Å². The lowest BCUT2D eigenvalue weighted by Gasteiger charge is -2.08. The molecule has 1 N–H and O–H groups in total. The van der Waals surface area contributed by atoms with Crippen molar-refractivity contribution in [1.82, 2.24) is 0 Å². The topological polar surface area (TPSA) is 108 Å². The molecule has 0 aromatic rings. The summed E-state index contributed by atoms with van der Waals surface area (Å²) in [5.74, 6) is -1.38. The third kappa shape index (κ3) is 24.6. The standard InChI is InChI=1S/C24H44O8/c1-2-3-4-5-6-7-8-9-10-14-23(27)31-20-18-29-16-17-30-19-21-32-24(28)15-12-11-13-22(25)26/h2-21H2,1H3,(H,25,26). The number of carboxylic acid groups (broad SMARTS) is 1. The van der Waals surface area contributed by atoms with Crippen LogP contribution in [-0.2, 0) is 33.3 Å². The fourth-order valence-corrected chi connectivity index (χ4v) is 3.02. The maximum absolute atomic E-state index is 11.7. The molecule has 188 valence electrons. The normalized spacial score (nSPS) is 10.8. The number of unbranched alkanes of at least 4 members (excludes halogenated alkanes) is 9. The van der Waals surface area contributed by atoms with Gasteiger partial charge in [0.1, 0.15) is 13.2 Å². The van der Waals surface area contributed by atoms with Crippen molar-refractivity contribution in [2.24, 2.45) is 0 Å². The number of hydrogen-bond acceptors (Lipinski definition) is 7. The van der Waals surface area contributed by atoms with Crippen molar-refractivity contribution >= 4 is 17.9 Å². The highest BCUT2D eigenvalue weighted by Gasteiger charge is 2.05. The van der Waals surface area contributed by atoms with Crippen LogP contribution in [0.1, 0.15) is 96.8 Å². The third-order valence-electron chi connectivity index (χ3n) is 4.86. The molecule has 32 heavy (non-hydrogen) atoms. The Morgan fingerprint density at radius 3 is 1.38 bits per heavy atom. The molecule has 0 amide bonds. The highest BCUT2D eigenvalue weighted by atomic mass is 16.6. The fraction of sp³-hybridized carbons (Fsp3) is 0.875. The maximum atomic E-state index is 11.7. The van der Waals surface area contributed by atoms with Crippen LogP contribution in [0.2, 0.25) is 0 Å². The summed E-state index contributed by atoms with van der Waals surface area (Å²) in [6, 6.07) is 0. The van der Waals surface area contributed by atoms with Crippen LogP contribution in [0.25, 0.3) is 0 Å². The molecule has 0 radical (unpaired) electrons. The van der Waals surface area contributed by atoms with Crippen molar-refractivity contribution < 1.29 is 38.4 Å². The summed E-state index contributed by atoms with van der Waals surface area (Å²) in [4.78, 5) is 33.4. The van der Waals surface area contributed by atoms with Crippen molar-refractivity contribution in [2.75, 3.05) is 39.6 Å². The van der Waals surface area contributed by atoms with Crippen LogP contribution in [0, 0.1) is 0 Å². The minimum Gasteiger partial charge on any atom is -0.481 e. The zero-order chi connectivity index (χ0) is 23.7. The Hall–Kier alpha value is -1.67. The van der Waals surface area contributed by atoms with E-state index in [4.69, 9.17) is 24.1 Å². The van der Waals surface area contributed by atoms with Gasteiger partial charge in [0, 0.05) is 19.3 Å². The summed E-state index contributed by atoms with van der Waals surface area (Å²) in [6.45, 7) is 3.98. The summed E-state index contributed by atoms with van der Waals surface area (Å²) >= 11 is 0. The van der Waals surface area contributed by atoms with E-state index in [0.717, 1.165) is 12.8 Å². The van der Waals surface area contributed by atoms with Gasteiger partial charge in [-0.05, 0) is 19.3 Å². The SMILES string of the molecule is CCCCCCCCCCCC(=O)OCCOCCOCCOC(=O)CCCCC(=O)O. The molecule has 0 aliphatic carbocycles. The quantitative estimate of drug-likeness (QED) is 0.163. The second-order valence-corrected chi connectivity index (χ2v) is 7.84. The highest BCUT2D eigenvalue weighted by Crippen LogP contribution is 2.10. The molecule has 0 aliphatic heterocycles. The Bertz CT molecular complexity index is 467. The molecule has 0 unspecified atom stereocenters. The van der Waals surface area contributed by atoms with E-state index in [1.54, 1.807) is 0 Å². The van der Waals surface area contributed by atoms with Crippen LogP contribution in [-0.4, -0.2) is 62.7 Å². The Morgan fingerprint density at radius 2 is 0.906 bits per heavy atom. The molecule has 0 saturated carbocycles. The molecule has 0 bridgehead atoms. The molecule has 0 rings (SSSR count). The van der Waals surface area contributed by atoms with Gasteiger partial charge in [-0.15, -0.1) is 0 Å². The van der Waals surface area contributed by atoms with Gasteiger partial charge in [-0.25, -0.2) is 0 Å². The molecule has 8 nitrogen and oxygen atoms in total. The van der Waals surface area contributed by atoms with Gasteiger partial charge in [0.25, 0.3) is 0 Å². The number of rotatable bonds is 24. The van der Waals surface area contributed by atoms with Gasteiger partial charge < -0.3 is 24.1 Å². The second-order valence-electron chi connectivity index (χ2n) is 7.84. The summed E-state index contributed by atoms with van der Waals surface area (Å²) in [5.41, 5.74) is 0. The van der Waals surface area contributed by atoms with E-state index in [0.29, 0.717) is 39.1 Å². The number of carboxylic acids is 1. The number of aliphatic carboxylic acids is 1. The minimum atomic E-state index is -0.860. The predicted molar refractivity (Wildman–Crippen MR) is 122 cm³/mol. The van der Waals surface area contributed by atoms with Gasteiger partial charge in [-0.1, -0.05) is 58.3 Å². The van der Waals surface area contributed by atoms with E-state index in [2.05, 4.69) is 6.92 Å². The first-order valence-corrected chi connectivity index (χ1v) is 12.2. The van der Waals surface area contributed by atoms with Crippen molar-refractivity contribution in [3.8, 4) is 0 Å².